The number of carbonyl (C=O) groups excluding carboxylic acids is 2. The van der Waals surface area contributed by atoms with Crippen LogP contribution >= 0.6 is 0 Å². The van der Waals surface area contributed by atoms with E-state index in [1.165, 1.54) is 6.26 Å². The molecule has 0 fully saturated rings. The molecule has 2 N–H and O–H groups in total. The number of hydrogen-bond acceptors (Lipinski definition) is 7. The Balaban J connectivity index is 1.37. The van der Waals surface area contributed by atoms with Gasteiger partial charge in [-0.25, -0.2) is 5.43 Å². The first-order chi connectivity index (χ1) is 15.6. The zero-order valence-electron chi connectivity index (χ0n) is 17.4. The maximum Gasteiger partial charge on any atom is 0.307 e. The topological polar surface area (TPSA) is 115 Å². The van der Waals surface area contributed by atoms with E-state index in [0.717, 1.165) is 12.0 Å². The van der Waals surface area contributed by atoms with Gasteiger partial charge < -0.3 is 23.6 Å². The summed E-state index contributed by atoms with van der Waals surface area (Å²) in [5.74, 6) is 1.51. The Kier molecular flexibility index (Phi) is 5.14. The van der Waals surface area contributed by atoms with Gasteiger partial charge in [0.2, 0.25) is 0 Å². The number of anilines is 1. The number of rotatable bonds is 4. The molecule has 0 spiro atoms. The van der Waals surface area contributed by atoms with E-state index in [1.807, 2.05) is 6.92 Å². The van der Waals surface area contributed by atoms with Crippen molar-refractivity contribution in [3.63, 3.8) is 0 Å². The lowest BCUT2D eigenvalue weighted by Gasteiger charge is -2.18. The van der Waals surface area contributed by atoms with E-state index in [9.17, 15) is 9.59 Å². The van der Waals surface area contributed by atoms with E-state index in [-0.39, 0.29) is 17.4 Å². The van der Waals surface area contributed by atoms with Crippen molar-refractivity contribution in [1.29, 1.82) is 0 Å². The van der Waals surface area contributed by atoms with Crippen LogP contribution in [0.2, 0.25) is 0 Å². The van der Waals surface area contributed by atoms with E-state index < -0.39 is 5.91 Å². The van der Waals surface area contributed by atoms with Crippen molar-refractivity contribution in [3.8, 4) is 11.5 Å². The summed E-state index contributed by atoms with van der Waals surface area (Å²) in [7, 11) is 0. The molecule has 1 aromatic carbocycles. The van der Waals surface area contributed by atoms with Gasteiger partial charge in [0.25, 0.3) is 5.91 Å². The van der Waals surface area contributed by atoms with Gasteiger partial charge in [0.15, 0.2) is 23.0 Å². The van der Waals surface area contributed by atoms with Gasteiger partial charge in [-0.1, -0.05) is 0 Å². The normalized spacial score (nSPS) is 15.8. The number of amides is 2. The molecule has 2 amide bonds. The van der Waals surface area contributed by atoms with E-state index >= 15 is 0 Å². The third-order valence-electron chi connectivity index (χ3n) is 5.37. The maximum absolute atomic E-state index is 13.0. The molecule has 0 unspecified atom stereocenters. The highest BCUT2D eigenvalue weighted by molar-refractivity contribution is 6.09. The number of benzene rings is 1. The first kappa shape index (κ1) is 19.9. The van der Waals surface area contributed by atoms with Crippen LogP contribution < -0.4 is 20.2 Å². The fraction of sp³-hybridized carbons (Fsp3) is 0.261. The van der Waals surface area contributed by atoms with Gasteiger partial charge in [0, 0.05) is 29.3 Å². The SMILES string of the molecule is Cc1c(C(=O)Nc2ccc3c(c2)OCCO3)oc2c1/C(=N/NC(=O)c1ccco1)CCC2. The summed E-state index contributed by atoms with van der Waals surface area (Å²) >= 11 is 0. The van der Waals surface area contributed by atoms with Crippen LogP contribution in [-0.4, -0.2) is 30.7 Å². The zero-order chi connectivity index (χ0) is 22.1. The number of nitrogens with zero attached hydrogens (tertiary/aromatic N) is 1. The molecule has 5 rings (SSSR count). The minimum absolute atomic E-state index is 0.175. The summed E-state index contributed by atoms with van der Waals surface area (Å²) in [5, 5.41) is 7.13. The molecule has 9 heteroatoms. The van der Waals surface area contributed by atoms with Gasteiger partial charge in [0.1, 0.15) is 19.0 Å². The van der Waals surface area contributed by atoms with Gasteiger partial charge in [0.05, 0.1) is 12.0 Å². The van der Waals surface area contributed by atoms with Crippen molar-refractivity contribution in [1.82, 2.24) is 5.43 Å². The predicted octanol–water partition coefficient (Wildman–Crippen LogP) is 3.67. The second-order valence-corrected chi connectivity index (χ2v) is 7.50. The molecule has 3 aromatic rings. The molecule has 0 saturated carbocycles. The van der Waals surface area contributed by atoms with Gasteiger partial charge in [-0.3, -0.25) is 9.59 Å². The standard InChI is InChI=1S/C23H21N3O6/c1-13-20-15(25-26-22(27)18-6-3-9-29-18)4-2-5-17(20)32-21(13)23(28)24-14-7-8-16-19(12-14)31-11-10-30-16/h3,6-9,12H,2,4-5,10-11H2,1H3,(H,24,28)(H,26,27)/b25-15+. The molecule has 2 aliphatic rings. The van der Waals surface area contributed by atoms with Gasteiger partial charge >= 0.3 is 5.91 Å². The second kappa shape index (κ2) is 8.26. The number of furan rings is 2. The molecular formula is C23H21N3O6. The molecule has 9 nitrogen and oxygen atoms in total. The summed E-state index contributed by atoms with van der Waals surface area (Å²) < 4.78 is 22.1. The number of hydrogen-bond donors (Lipinski definition) is 2. The van der Waals surface area contributed by atoms with Crippen molar-refractivity contribution in [2.24, 2.45) is 5.10 Å². The Labute approximate surface area is 183 Å². The summed E-state index contributed by atoms with van der Waals surface area (Å²) in [5.41, 5.74) is 5.21. The highest BCUT2D eigenvalue weighted by Crippen LogP contribution is 2.34. The fourth-order valence-corrected chi connectivity index (χ4v) is 3.89. The summed E-state index contributed by atoms with van der Waals surface area (Å²) in [6.07, 6.45) is 3.58. The van der Waals surface area contributed by atoms with Crippen molar-refractivity contribution in [2.45, 2.75) is 26.2 Å². The van der Waals surface area contributed by atoms with Crippen LogP contribution in [0.1, 0.15) is 50.8 Å². The number of ether oxygens (including phenoxy) is 2. The summed E-state index contributed by atoms with van der Waals surface area (Å²) in [6, 6.07) is 8.43. The van der Waals surface area contributed by atoms with Crippen LogP contribution in [0.5, 0.6) is 11.5 Å². The molecule has 0 saturated heterocycles. The van der Waals surface area contributed by atoms with E-state index in [1.54, 1.807) is 30.3 Å². The second-order valence-electron chi connectivity index (χ2n) is 7.50. The lowest BCUT2D eigenvalue weighted by atomic mass is 9.93. The average molecular weight is 435 g/mol. The van der Waals surface area contributed by atoms with Gasteiger partial charge in [-0.15, -0.1) is 0 Å². The Morgan fingerprint density at radius 1 is 1.03 bits per heavy atom. The van der Waals surface area contributed by atoms with Gasteiger partial charge in [-0.05, 0) is 44.0 Å². The third kappa shape index (κ3) is 3.73. The Bertz CT molecular complexity index is 1210. The first-order valence-electron chi connectivity index (χ1n) is 10.3. The molecule has 1 aliphatic heterocycles. The molecule has 0 radical (unpaired) electrons. The van der Waals surface area contributed by atoms with E-state index in [0.29, 0.717) is 60.3 Å². The molecule has 164 valence electrons. The van der Waals surface area contributed by atoms with Crippen molar-refractivity contribution in [2.75, 3.05) is 18.5 Å². The number of carbonyl (C=O) groups is 2. The largest absolute Gasteiger partial charge is 0.486 e. The molecule has 1 aliphatic carbocycles. The van der Waals surface area contributed by atoms with E-state index in [2.05, 4.69) is 15.8 Å². The average Bonchev–Trinajstić information content (AvgIpc) is 3.46. The molecule has 0 atom stereocenters. The van der Waals surface area contributed by atoms with Crippen LogP contribution in [0.25, 0.3) is 0 Å². The summed E-state index contributed by atoms with van der Waals surface area (Å²) in [6.45, 7) is 2.78. The molecule has 2 aromatic heterocycles. The minimum Gasteiger partial charge on any atom is -0.486 e. The third-order valence-corrected chi connectivity index (χ3v) is 5.37. The van der Waals surface area contributed by atoms with E-state index in [4.69, 9.17) is 18.3 Å². The molecule has 32 heavy (non-hydrogen) atoms. The minimum atomic E-state index is -0.438. The van der Waals surface area contributed by atoms with Crippen LogP contribution in [0.15, 0.2) is 50.5 Å². The smallest absolute Gasteiger partial charge is 0.307 e. The first-order valence-corrected chi connectivity index (χ1v) is 10.3. The Morgan fingerprint density at radius 2 is 1.88 bits per heavy atom. The number of fused-ring (bicyclic) bond motifs is 2. The lowest BCUT2D eigenvalue weighted by Crippen LogP contribution is -2.21. The quantitative estimate of drug-likeness (QED) is 0.604. The monoisotopic (exact) mass is 435 g/mol. The van der Waals surface area contributed by atoms with Crippen LogP contribution in [-0.2, 0) is 6.42 Å². The van der Waals surface area contributed by atoms with Crippen molar-refractivity contribution in [3.05, 3.63) is 65.0 Å². The molecular weight excluding hydrogens is 414 g/mol. The van der Waals surface area contributed by atoms with Crippen LogP contribution in [0.4, 0.5) is 5.69 Å². The zero-order valence-corrected chi connectivity index (χ0v) is 17.4. The highest BCUT2D eigenvalue weighted by atomic mass is 16.6. The van der Waals surface area contributed by atoms with Crippen molar-refractivity contribution >= 4 is 23.2 Å². The number of hydrazone groups is 1. The summed E-state index contributed by atoms with van der Waals surface area (Å²) in [4.78, 5) is 25.1. The number of nitrogens with one attached hydrogen (secondary N) is 2. The van der Waals surface area contributed by atoms with Crippen LogP contribution in [0, 0.1) is 6.92 Å². The highest BCUT2D eigenvalue weighted by Gasteiger charge is 2.28. The maximum atomic E-state index is 13.0. The van der Waals surface area contributed by atoms with Gasteiger partial charge in [-0.2, -0.15) is 5.10 Å². The molecule has 0 bridgehead atoms. The lowest BCUT2D eigenvalue weighted by molar-refractivity contribution is 0.0926. The van der Waals surface area contributed by atoms with Crippen molar-refractivity contribution < 1.29 is 27.9 Å². The van der Waals surface area contributed by atoms with Crippen LogP contribution in [0.3, 0.4) is 0 Å². The predicted molar refractivity (Wildman–Crippen MR) is 114 cm³/mol. The molecule has 3 heterocycles. The Morgan fingerprint density at radius 3 is 2.69 bits per heavy atom. The Hall–Kier alpha value is -4.01. The fourth-order valence-electron chi connectivity index (χ4n) is 3.89. The number of aryl methyl sites for hydroxylation is 1.